The lowest BCUT2D eigenvalue weighted by Crippen LogP contribution is -2.14. The minimum Gasteiger partial charge on any atom is -0.491 e. The van der Waals surface area contributed by atoms with Crippen molar-refractivity contribution in [2.24, 2.45) is 0 Å². The second kappa shape index (κ2) is 7.74. The molecular formula is C19H25NO2. The van der Waals surface area contributed by atoms with E-state index in [2.05, 4.69) is 31.3 Å². The molecule has 2 aromatic carbocycles. The van der Waals surface area contributed by atoms with Gasteiger partial charge in [0.2, 0.25) is 0 Å². The largest absolute Gasteiger partial charge is 0.491 e. The van der Waals surface area contributed by atoms with E-state index in [0.29, 0.717) is 6.61 Å². The number of anilines is 1. The lowest BCUT2D eigenvalue weighted by Gasteiger charge is -2.16. The summed E-state index contributed by atoms with van der Waals surface area (Å²) in [5, 5.41) is 3.37. The summed E-state index contributed by atoms with van der Waals surface area (Å²) in [7, 11) is 0. The van der Waals surface area contributed by atoms with Gasteiger partial charge in [0.1, 0.15) is 18.1 Å². The topological polar surface area (TPSA) is 30.5 Å². The third-order valence-electron chi connectivity index (χ3n) is 3.26. The second-order valence-corrected chi connectivity index (χ2v) is 5.71. The van der Waals surface area contributed by atoms with E-state index >= 15 is 0 Å². The van der Waals surface area contributed by atoms with Crippen molar-refractivity contribution < 1.29 is 9.47 Å². The lowest BCUT2D eigenvalue weighted by molar-refractivity contribution is 0.243. The van der Waals surface area contributed by atoms with Crippen LogP contribution in [0.1, 0.15) is 25.0 Å². The fourth-order valence-corrected chi connectivity index (χ4v) is 2.28. The van der Waals surface area contributed by atoms with Crippen LogP contribution in [-0.2, 0) is 0 Å². The first-order chi connectivity index (χ1) is 10.6. The van der Waals surface area contributed by atoms with Crippen molar-refractivity contribution in [3.63, 3.8) is 0 Å². The van der Waals surface area contributed by atoms with Gasteiger partial charge in [0, 0.05) is 6.54 Å². The summed E-state index contributed by atoms with van der Waals surface area (Å²) in [6.07, 6.45) is 0.161. The minimum atomic E-state index is 0.161. The maximum Gasteiger partial charge on any atom is 0.142 e. The van der Waals surface area contributed by atoms with E-state index in [0.717, 1.165) is 23.7 Å². The Balaban J connectivity index is 1.86. The normalized spacial score (nSPS) is 10.6. The van der Waals surface area contributed by atoms with Gasteiger partial charge < -0.3 is 14.8 Å². The molecule has 0 aliphatic rings. The SMILES string of the molecule is Cc1ccc(OCCNc2ccccc2OC(C)C)c(C)c1. The van der Waals surface area contributed by atoms with Gasteiger partial charge in [0.25, 0.3) is 0 Å². The summed E-state index contributed by atoms with van der Waals surface area (Å²) in [5.74, 6) is 1.82. The van der Waals surface area contributed by atoms with Crippen LogP contribution in [0, 0.1) is 13.8 Å². The standard InChI is InChI=1S/C19H25NO2/c1-14(2)22-19-8-6-5-7-17(19)20-11-12-21-18-10-9-15(3)13-16(18)4/h5-10,13-14,20H,11-12H2,1-4H3. The summed E-state index contributed by atoms with van der Waals surface area (Å²) in [5.41, 5.74) is 3.42. The van der Waals surface area contributed by atoms with Gasteiger partial charge in [0.15, 0.2) is 0 Å². The molecule has 0 heterocycles. The summed E-state index contributed by atoms with van der Waals surface area (Å²) in [4.78, 5) is 0. The molecule has 0 saturated carbocycles. The average Bonchev–Trinajstić information content (AvgIpc) is 2.46. The first-order valence-electron chi connectivity index (χ1n) is 7.76. The van der Waals surface area contributed by atoms with Gasteiger partial charge in [-0.3, -0.25) is 0 Å². The summed E-state index contributed by atoms with van der Waals surface area (Å²) >= 11 is 0. The number of benzene rings is 2. The summed E-state index contributed by atoms with van der Waals surface area (Å²) in [6, 6.07) is 14.2. The first-order valence-corrected chi connectivity index (χ1v) is 7.76. The van der Waals surface area contributed by atoms with Crippen LogP contribution >= 0.6 is 0 Å². The third-order valence-corrected chi connectivity index (χ3v) is 3.26. The molecule has 0 unspecified atom stereocenters. The zero-order valence-electron chi connectivity index (χ0n) is 13.8. The van der Waals surface area contributed by atoms with Crippen molar-refractivity contribution in [2.45, 2.75) is 33.8 Å². The van der Waals surface area contributed by atoms with E-state index < -0.39 is 0 Å². The van der Waals surface area contributed by atoms with Crippen molar-refractivity contribution in [3.05, 3.63) is 53.6 Å². The highest BCUT2D eigenvalue weighted by molar-refractivity contribution is 5.56. The van der Waals surface area contributed by atoms with Crippen molar-refractivity contribution in [2.75, 3.05) is 18.5 Å². The predicted molar refractivity (Wildman–Crippen MR) is 92.1 cm³/mol. The smallest absolute Gasteiger partial charge is 0.142 e. The predicted octanol–water partition coefficient (Wildman–Crippen LogP) is 4.58. The van der Waals surface area contributed by atoms with Crippen LogP contribution in [0.2, 0.25) is 0 Å². The Morgan fingerprint density at radius 1 is 1.00 bits per heavy atom. The van der Waals surface area contributed by atoms with Gasteiger partial charge in [-0.15, -0.1) is 0 Å². The Morgan fingerprint density at radius 3 is 2.50 bits per heavy atom. The van der Waals surface area contributed by atoms with Crippen LogP contribution in [0.25, 0.3) is 0 Å². The molecule has 0 bridgehead atoms. The molecule has 2 aromatic rings. The maximum absolute atomic E-state index is 5.83. The molecule has 1 N–H and O–H groups in total. The van der Waals surface area contributed by atoms with E-state index in [9.17, 15) is 0 Å². The fourth-order valence-electron chi connectivity index (χ4n) is 2.28. The van der Waals surface area contributed by atoms with E-state index in [1.165, 1.54) is 11.1 Å². The molecule has 0 spiro atoms. The molecule has 22 heavy (non-hydrogen) atoms. The van der Waals surface area contributed by atoms with Crippen LogP contribution in [0.4, 0.5) is 5.69 Å². The number of rotatable bonds is 7. The fraction of sp³-hybridized carbons (Fsp3) is 0.368. The number of ether oxygens (including phenoxy) is 2. The molecule has 0 saturated heterocycles. The molecule has 0 aliphatic carbocycles. The second-order valence-electron chi connectivity index (χ2n) is 5.71. The van der Waals surface area contributed by atoms with Crippen molar-refractivity contribution in [3.8, 4) is 11.5 Å². The van der Waals surface area contributed by atoms with Crippen molar-refractivity contribution in [1.29, 1.82) is 0 Å². The zero-order chi connectivity index (χ0) is 15.9. The highest BCUT2D eigenvalue weighted by atomic mass is 16.5. The van der Waals surface area contributed by atoms with Gasteiger partial charge in [-0.25, -0.2) is 0 Å². The third kappa shape index (κ3) is 4.69. The average molecular weight is 299 g/mol. The molecule has 3 heteroatoms. The Hall–Kier alpha value is -2.16. The molecule has 0 atom stereocenters. The summed E-state index contributed by atoms with van der Waals surface area (Å²) in [6.45, 7) is 9.55. The van der Waals surface area contributed by atoms with E-state index in [1.54, 1.807) is 0 Å². The van der Waals surface area contributed by atoms with Crippen LogP contribution in [-0.4, -0.2) is 19.3 Å². The number of aryl methyl sites for hydroxylation is 2. The Morgan fingerprint density at radius 2 is 1.77 bits per heavy atom. The van der Waals surface area contributed by atoms with Gasteiger partial charge in [0.05, 0.1) is 11.8 Å². The Kier molecular flexibility index (Phi) is 5.70. The van der Waals surface area contributed by atoms with Gasteiger partial charge in [-0.1, -0.05) is 29.8 Å². The monoisotopic (exact) mass is 299 g/mol. The molecule has 118 valence electrons. The maximum atomic E-state index is 5.83. The van der Waals surface area contributed by atoms with Gasteiger partial charge in [-0.2, -0.15) is 0 Å². The van der Waals surface area contributed by atoms with E-state index in [1.807, 2.05) is 44.2 Å². The van der Waals surface area contributed by atoms with Crippen LogP contribution < -0.4 is 14.8 Å². The van der Waals surface area contributed by atoms with Crippen molar-refractivity contribution in [1.82, 2.24) is 0 Å². The molecule has 0 aliphatic heterocycles. The Bertz CT molecular complexity index is 608. The van der Waals surface area contributed by atoms with Crippen molar-refractivity contribution >= 4 is 5.69 Å². The van der Waals surface area contributed by atoms with Crippen LogP contribution in [0.15, 0.2) is 42.5 Å². The van der Waals surface area contributed by atoms with Gasteiger partial charge >= 0.3 is 0 Å². The number of hydrogen-bond acceptors (Lipinski definition) is 3. The molecule has 0 amide bonds. The van der Waals surface area contributed by atoms with E-state index in [4.69, 9.17) is 9.47 Å². The van der Waals surface area contributed by atoms with Crippen LogP contribution in [0.3, 0.4) is 0 Å². The molecule has 2 rings (SSSR count). The highest BCUT2D eigenvalue weighted by Gasteiger charge is 2.04. The number of para-hydroxylation sites is 2. The van der Waals surface area contributed by atoms with Crippen LogP contribution in [0.5, 0.6) is 11.5 Å². The Labute approximate surface area is 133 Å². The minimum absolute atomic E-state index is 0.161. The quantitative estimate of drug-likeness (QED) is 0.759. The molecule has 0 fully saturated rings. The lowest BCUT2D eigenvalue weighted by atomic mass is 10.1. The summed E-state index contributed by atoms with van der Waals surface area (Å²) < 4.78 is 11.6. The molecular weight excluding hydrogens is 274 g/mol. The van der Waals surface area contributed by atoms with E-state index in [-0.39, 0.29) is 6.10 Å². The van der Waals surface area contributed by atoms with Gasteiger partial charge in [-0.05, 0) is 51.5 Å². The molecule has 0 aromatic heterocycles. The zero-order valence-corrected chi connectivity index (χ0v) is 13.8. The molecule has 3 nitrogen and oxygen atoms in total. The first kappa shape index (κ1) is 16.2. The highest BCUT2D eigenvalue weighted by Crippen LogP contribution is 2.24. The number of nitrogens with one attached hydrogen (secondary N) is 1. The number of hydrogen-bond donors (Lipinski definition) is 1. The molecule has 0 radical (unpaired) electrons.